The van der Waals surface area contributed by atoms with E-state index in [1.165, 1.54) is 32.1 Å². The molecule has 0 amide bonds. The van der Waals surface area contributed by atoms with Gasteiger partial charge >= 0.3 is 0 Å². The van der Waals surface area contributed by atoms with Crippen LogP contribution >= 0.6 is 11.3 Å². The number of nitrogen functional groups attached to an aromatic ring is 1. The summed E-state index contributed by atoms with van der Waals surface area (Å²) in [6.07, 6.45) is 6.82. The Hall–Kier alpha value is -1.56. The zero-order chi connectivity index (χ0) is 13.9. The summed E-state index contributed by atoms with van der Waals surface area (Å²) in [6, 6.07) is 0. The maximum atomic E-state index is 5.85. The number of hydrogen-bond acceptors (Lipinski definition) is 6. The predicted octanol–water partition coefficient (Wildman–Crippen LogP) is 2.86. The third-order valence-corrected chi connectivity index (χ3v) is 4.63. The summed E-state index contributed by atoms with van der Waals surface area (Å²) in [7, 11) is 0. The Bertz CT molecular complexity index is 589. The molecular formula is C14H19N5S. The molecule has 2 heterocycles. The number of rotatable bonds is 3. The molecular weight excluding hydrogens is 270 g/mol. The fourth-order valence-electron chi connectivity index (χ4n) is 2.70. The first-order chi connectivity index (χ1) is 9.70. The van der Waals surface area contributed by atoms with E-state index in [4.69, 9.17) is 5.73 Å². The van der Waals surface area contributed by atoms with Crippen molar-refractivity contribution < 1.29 is 0 Å². The molecule has 0 bridgehead atoms. The van der Waals surface area contributed by atoms with Crippen LogP contribution in [0.3, 0.4) is 0 Å². The first-order valence-electron chi connectivity index (χ1n) is 7.12. The second kappa shape index (κ2) is 5.83. The van der Waals surface area contributed by atoms with Crippen molar-refractivity contribution in [1.82, 2.24) is 19.9 Å². The van der Waals surface area contributed by atoms with Crippen LogP contribution in [0.15, 0.2) is 5.38 Å². The molecule has 106 valence electrons. The Morgan fingerprint density at radius 2 is 1.95 bits per heavy atom. The SMILES string of the molecule is Cc1csc(Cc2nc(N)nc(C3CCCCC3)n2)n1. The molecule has 5 nitrogen and oxygen atoms in total. The predicted molar refractivity (Wildman–Crippen MR) is 79.7 cm³/mol. The van der Waals surface area contributed by atoms with Crippen LogP contribution in [0.5, 0.6) is 0 Å². The summed E-state index contributed by atoms with van der Waals surface area (Å²) in [6.45, 7) is 2.00. The number of nitrogens with two attached hydrogens (primary N) is 1. The van der Waals surface area contributed by atoms with Gasteiger partial charge in [0.1, 0.15) is 16.7 Å². The number of hydrogen-bond donors (Lipinski definition) is 1. The molecule has 0 saturated heterocycles. The number of aromatic nitrogens is 4. The summed E-state index contributed by atoms with van der Waals surface area (Å²) in [5, 5.41) is 3.07. The largest absolute Gasteiger partial charge is 0.368 e. The van der Waals surface area contributed by atoms with Gasteiger partial charge in [0.05, 0.1) is 6.42 Å². The Morgan fingerprint density at radius 1 is 1.15 bits per heavy atom. The van der Waals surface area contributed by atoms with Crippen LogP contribution in [0.2, 0.25) is 0 Å². The summed E-state index contributed by atoms with van der Waals surface area (Å²) in [5.41, 5.74) is 6.89. The van der Waals surface area contributed by atoms with Crippen LogP contribution in [-0.2, 0) is 6.42 Å². The molecule has 0 unspecified atom stereocenters. The van der Waals surface area contributed by atoms with E-state index in [-0.39, 0.29) is 0 Å². The van der Waals surface area contributed by atoms with Gasteiger partial charge in [-0.3, -0.25) is 0 Å². The first kappa shape index (κ1) is 13.4. The van der Waals surface area contributed by atoms with E-state index < -0.39 is 0 Å². The fourth-order valence-corrected chi connectivity index (χ4v) is 3.47. The minimum Gasteiger partial charge on any atom is -0.368 e. The molecule has 0 radical (unpaired) electrons. The highest BCUT2D eigenvalue weighted by molar-refractivity contribution is 7.09. The van der Waals surface area contributed by atoms with Crippen LogP contribution in [0.1, 0.15) is 60.4 Å². The van der Waals surface area contributed by atoms with Gasteiger partial charge < -0.3 is 5.73 Å². The Kier molecular flexibility index (Phi) is 3.91. The fraction of sp³-hybridized carbons (Fsp3) is 0.571. The third kappa shape index (κ3) is 3.12. The van der Waals surface area contributed by atoms with Crippen molar-refractivity contribution in [2.75, 3.05) is 5.73 Å². The Morgan fingerprint density at radius 3 is 2.65 bits per heavy atom. The van der Waals surface area contributed by atoms with Gasteiger partial charge in [-0.05, 0) is 19.8 Å². The molecule has 0 aliphatic heterocycles. The molecule has 2 aromatic rings. The molecule has 1 fully saturated rings. The van der Waals surface area contributed by atoms with Crippen molar-refractivity contribution in [2.45, 2.75) is 51.4 Å². The molecule has 1 saturated carbocycles. The van der Waals surface area contributed by atoms with Crippen LogP contribution < -0.4 is 5.73 Å². The summed E-state index contributed by atoms with van der Waals surface area (Å²) < 4.78 is 0. The van der Waals surface area contributed by atoms with E-state index >= 15 is 0 Å². The van der Waals surface area contributed by atoms with Gasteiger partial charge in [0.2, 0.25) is 5.95 Å². The molecule has 1 aliphatic rings. The molecule has 0 atom stereocenters. The Balaban J connectivity index is 1.82. The van der Waals surface area contributed by atoms with Crippen molar-refractivity contribution in [3.63, 3.8) is 0 Å². The lowest BCUT2D eigenvalue weighted by molar-refractivity contribution is 0.427. The molecule has 0 spiro atoms. The smallest absolute Gasteiger partial charge is 0.223 e. The van der Waals surface area contributed by atoms with E-state index in [1.54, 1.807) is 11.3 Å². The summed E-state index contributed by atoms with van der Waals surface area (Å²) >= 11 is 1.64. The van der Waals surface area contributed by atoms with Gasteiger partial charge in [0.25, 0.3) is 0 Å². The second-order valence-electron chi connectivity index (χ2n) is 5.36. The van der Waals surface area contributed by atoms with Crippen molar-refractivity contribution >= 4 is 17.3 Å². The third-order valence-electron chi connectivity index (χ3n) is 3.66. The van der Waals surface area contributed by atoms with Crippen LogP contribution in [0.25, 0.3) is 0 Å². The average molecular weight is 289 g/mol. The molecule has 1 aliphatic carbocycles. The minimum absolute atomic E-state index is 0.337. The zero-order valence-electron chi connectivity index (χ0n) is 11.7. The van der Waals surface area contributed by atoms with Crippen LogP contribution in [0.4, 0.5) is 5.95 Å². The quantitative estimate of drug-likeness (QED) is 0.940. The van der Waals surface area contributed by atoms with Crippen LogP contribution in [0, 0.1) is 6.92 Å². The van der Waals surface area contributed by atoms with Gasteiger partial charge in [-0.25, -0.2) is 9.97 Å². The van der Waals surface area contributed by atoms with Crippen molar-refractivity contribution in [3.8, 4) is 0 Å². The highest BCUT2D eigenvalue weighted by Gasteiger charge is 2.19. The van der Waals surface area contributed by atoms with Crippen molar-refractivity contribution in [1.29, 1.82) is 0 Å². The molecule has 3 rings (SSSR count). The lowest BCUT2D eigenvalue weighted by Gasteiger charge is -2.20. The van der Waals surface area contributed by atoms with Gasteiger partial charge in [-0.2, -0.15) is 9.97 Å². The average Bonchev–Trinajstić information content (AvgIpc) is 2.84. The summed E-state index contributed by atoms with van der Waals surface area (Å²) in [4.78, 5) is 17.7. The first-order valence-corrected chi connectivity index (χ1v) is 8.00. The second-order valence-corrected chi connectivity index (χ2v) is 6.31. The maximum absolute atomic E-state index is 5.85. The topological polar surface area (TPSA) is 77.6 Å². The Labute approximate surface area is 122 Å². The standard InChI is InChI=1S/C14H19N5S/c1-9-8-20-12(16-9)7-11-17-13(19-14(15)18-11)10-5-3-2-4-6-10/h8,10H,2-7H2,1H3,(H2,15,17,18,19). The molecule has 2 aromatic heterocycles. The molecule has 0 aromatic carbocycles. The highest BCUT2D eigenvalue weighted by atomic mass is 32.1. The number of anilines is 1. The number of nitrogens with zero attached hydrogens (tertiary/aromatic N) is 4. The van der Waals surface area contributed by atoms with Gasteiger partial charge in [0, 0.05) is 17.0 Å². The lowest BCUT2D eigenvalue weighted by Crippen LogP contribution is -2.13. The van der Waals surface area contributed by atoms with Crippen molar-refractivity contribution in [2.24, 2.45) is 0 Å². The van der Waals surface area contributed by atoms with E-state index in [9.17, 15) is 0 Å². The summed E-state index contributed by atoms with van der Waals surface area (Å²) in [5.74, 6) is 2.41. The number of aryl methyl sites for hydroxylation is 1. The van der Waals surface area contributed by atoms with E-state index in [2.05, 4.69) is 19.9 Å². The minimum atomic E-state index is 0.337. The number of thiazole rings is 1. The van der Waals surface area contributed by atoms with E-state index in [0.717, 1.165) is 22.4 Å². The van der Waals surface area contributed by atoms with Crippen molar-refractivity contribution in [3.05, 3.63) is 27.7 Å². The highest BCUT2D eigenvalue weighted by Crippen LogP contribution is 2.30. The van der Waals surface area contributed by atoms with Crippen LogP contribution in [-0.4, -0.2) is 19.9 Å². The van der Waals surface area contributed by atoms with E-state index in [0.29, 0.717) is 18.3 Å². The van der Waals surface area contributed by atoms with Gasteiger partial charge in [-0.15, -0.1) is 11.3 Å². The monoisotopic (exact) mass is 289 g/mol. The molecule has 2 N–H and O–H groups in total. The normalized spacial score (nSPS) is 16.4. The van der Waals surface area contributed by atoms with Gasteiger partial charge in [-0.1, -0.05) is 19.3 Å². The van der Waals surface area contributed by atoms with Gasteiger partial charge in [0.15, 0.2) is 0 Å². The molecule has 6 heteroatoms. The maximum Gasteiger partial charge on any atom is 0.223 e. The lowest BCUT2D eigenvalue weighted by atomic mass is 9.89. The van der Waals surface area contributed by atoms with E-state index in [1.807, 2.05) is 12.3 Å². The zero-order valence-corrected chi connectivity index (χ0v) is 12.5. The molecule has 20 heavy (non-hydrogen) atoms.